The van der Waals surface area contributed by atoms with Crippen LogP contribution in [0.25, 0.3) is 0 Å². The largest absolute Gasteiger partial charge is 0.494 e. The fourth-order valence-electron chi connectivity index (χ4n) is 1.14. The minimum Gasteiger partial charge on any atom is -0.494 e. The van der Waals surface area contributed by atoms with Gasteiger partial charge in [0.2, 0.25) is 0 Å². The van der Waals surface area contributed by atoms with Crippen molar-refractivity contribution in [3.63, 3.8) is 0 Å². The van der Waals surface area contributed by atoms with Crippen LogP contribution in [0.1, 0.15) is 25.3 Å². The number of ether oxygens (including phenoxy) is 1. The molecule has 0 aromatic heterocycles. The van der Waals surface area contributed by atoms with Crippen molar-refractivity contribution < 1.29 is 9.13 Å². The van der Waals surface area contributed by atoms with Crippen molar-refractivity contribution >= 4 is 11.6 Å². The van der Waals surface area contributed by atoms with Gasteiger partial charge in [0, 0.05) is 5.02 Å². The molecule has 0 aliphatic carbocycles. The summed E-state index contributed by atoms with van der Waals surface area (Å²) in [5.41, 5.74) is 0.903. The van der Waals surface area contributed by atoms with E-state index in [9.17, 15) is 4.39 Å². The van der Waals surface area contributed by atoms with E-state index in [1.54, 1.807) is 6.07 Å². The van der Waals surface area contributed by atoms with E-state index in [-0.39, 0.29) is 11.7 Å². The lowest BCUT2D eigenvalue weighted by Gasteiger charge is -2.10. The molecule has 0 spiro atoms. The SMILES string of the molecule is COc1cc(C(C)C)c(Cl)cc1F. The lowest BCUT2D eigenvalue weighted by molar-refractivity contribution is 0.385. The van der Waals surface area contributed by atoms with Crippen LogP contribution in [0, 0.1) is 5.82 Å². The molecule has 1 aromatic carbocycles. The van der Waals surface area contributed by atoms with Crippen LogP contribution in [-0.2, 0) is 0 Å². The molecule has 3 heteroatoms. The van der Waals surface area contributed by atoms with E-state index in [0.717, 1.165) is 5.56 Å². The normalized spacial score (nSPS) is 10.6. The number of methoxy groups -OCH3 is 1. The van der Waals surface area contributed by atoms with Gasteiger partial charge in [-0.1, -0.05) is 25.4 Å². The molecular formula is C10H12ClFO. The highest BCUT2D eigenvalue weighted by Gasteiger charge is 2.10. The van der Waals surface area contributed by atoms with E-state index in [1.165, 1.54) is 13.2 Å². The summed E-state index contributed by atoms with van der Waals surface area (Å²) < 4.78 is 17.9. The predicted molar refractivity (Wildman–Crippen MR) is 52.1 cm³/mol. The topological polar surface area (TPSA) is 9.23 Å². The molecular weight excluding hydrogens is 191 g/mol. The van der Waals surface area contributed by atoms with Gasteiger partial charge < -0.3 is 4.74 Å². The van der Waals surface area contributed by atoms with Crippen molar-refractivity contribution in [1.29, 1.82) is 0 Å². The summed E-state index contributed by atoms with van der Waals surface area (Å²) in [6, 6.07) is 2.93. The molecule has 0 saturated heterocycles. The third kappa shape index (κ3) is 2.13. The highest BCUT2D eigenvalue weighted by atomic mass is 35.5. The van der Waals surface area contributed by atoms with Gasteiger partial charge in [0.1, 0.15) is 0 Å². The second kappa shape index (κ2) is 3.97. The van der Waals surface area contributed by atoms with Crippen LogP contribution in [0.3, 0.4) is 0 Å². The Labute approximate surface area is 82.5 Å². The summed E-state index contributed by atoms with van der Waals surface area (Å²) in [7, 11) is 1.44. The first-order chi connectivity index (χ1) is 6.06. The summed E-state index contributed by atoms with van der Waals surface area (Å²) in [5, 5.41) is 0.452. The third-order valence-electron chi connectivity index (χ3n) is 1.89. The molecule has 0 fully saturated rings. The maximum atomic E-state index is 13.1. The first-order valence-corrected chi connectivity index (χ1v) is 4.47. The Kier molecular flexibility index (Phi) is 3.15. The molecule has 0 unspecified atom stereocenters. The average Bonchev–Trinajstić information content (AvgIpc) is 2.03. The van der Waals surface area contributed by atoms with Crippen molar-refractivity contribution in [1.82, 2.24) is 0 Å². The van der Waals surface area contributed by atoms with Crippen molar-refractivity contribution in [3.8, 4) is 5.75 Å². The van der Waals surface area contributed by atoms with Gasteiger partial charge in [-0.25, -0.2) is 4.39 Å². The highest BCUT2D eigenvalue weighted by molar-refractivity contribution is 6.31. The van der Waals surface area contributed by atoms with E-state index in [0.29, 0.717) is 5.02 Å². The molecule has 1 nitrogen and oxygen atoms in total. The average molecular weight is 203 g/mol. The Hall–Kier alpha value is -0.760. The van der Waals surface area contributed by atoms with Gasteiger partial charge in [-0.15, -0.1) is 0 Å². The number of rotatable bonds is 2. The maximum Gasteiger partial charge on any atom is 0.166 e. The Morgan fingerprint density at radius 1 is 1.38 bits per heavy atom. The molecule has 0 aliphatic rings. The minimum atomic E-state index is -0.420. The van der Waals surface area contributed by atoms with Crippen LogP contribution in [0.2, 0.25) is 5.02 Å². The Morgan fingerprint density at radius 2 is 2.00 bits per heavy atom. The first kappa shape index (κ1) is 10.3. The first-order valence-electron chi connectivity index (χ1n) is 4.09. The quantitative estimate of drug-likeness (QED) is 0.712. The molecule has 72 valence electrons. The molecule has 1 aromatic rings. The van der Waals surface area contributed by atoms with E-state index in [4.69, 9.17) is 16.3 Å². The number of hydrogen-bond acceptors (Lipinski definition) is 1. The molecule has 0 N–H and O–H groups in total. The molecule has 0 bridgehead atoms. The molecule has 0 atom stereocenters. The zero-order valence-corrected chi connectivity index (χ0v) is 8.65. The highest BCUT2D eigenvalue weighted by Crippen LogP contribution is 2.30. The smallest absolute Gasteiger partial charge is 0.166 e. The number of hydrogen-bond donors (Lipinski definition) is 0. The Bertz CT molecular complexity index is 310. The summed E-state index contributed by atoms with van der Waals surface area (Å²) in [6.45, 7) is 4.00. The van der Waals surface area contributed by atoms with Gasteiger partial charge in [-0.2, -0.15) is 0 Å². The molecule has 0 amide bonds. The second-order valence-corrected chi connectivity index (χ2v) is 3.57. The van der Waals surface area contributed by atoms with Crippen LogP contribution in [0.4, 0.5) is 4.39 Å². The monoisotopic (exact) mass is 202 g/mol. The van der Waals surface area contributed by atoms with Crippen LogP contribution in [0.15, 0.2) is 12.1 Å². The summed E-state index contributed by atoms with van der Waals surface area (Å²) in [4.78, 5) is 0. The summed E-state index contributed by atoms with van der Waals surface area (Å²) >= 11 is 5.86. The predicted octanol–water partition coefficient (Wildman–Crippen LogP) is 3.61. The summed E-state index contributed by atoms with van der Waals surface area (Å²) in [5.74, 6) is 0.0898. The number of halogens is 2. The van der Waals surface area contributed by atoms with Crippen LogP contribution >= 0.6 is 11.6 Å². The van der Waals surface area contributed by atoms with Gasteiger partial charge in [0.25, 0.3) is 0 Å². The standard InChI is InChI=1S/C10H12ClFO/c1-6(2)7-4-10(13-3)9(12)5-8(7)11/h4-6H,1-3H3. The molecule has 0 aliphatic heterocycles. The lowest BCUT2D eigenvalue weighted by atomic mass is 10.0. The molecule has 1 rings (SSSR count). The van der Waals surface area contributed by atoms with Crippen LogP contribution in [0.5, 0.6) is 5.75 Å². The Morgan fingerprint density at radius 3 is 2.46 bits per heavy atom. The minimum absolute atomic E-state index is 0.244. The number of benzene rings is 1. The third-order valence-corrected chi connectivity index (χ3v) is 2.22. The van der Waals surface area contributed by atoms with E-state index in [1.807, 2.05) is 13.8 Å². The zero-order chi connectivity index (χ0) is 10.0. The van der Waals surface area contributed by atoms with Crippen molar-refractivity contribution in [2.75, 3.05) is 7.11 Å². The van der Waals surface area contributed by atoms with Crippen LogP contribution < -0.4 is 4.74 Å². The molecule has 13 heavy (non-hydrogen) atoms. The van der Waals surface area contributed by atoms with Crippen molar-refractivity contribution in [2.24, 2.45) is 0 Å². The van der Waals surface area contributed by atoms with Gasteiger partial charge in [-0.05, 0) is 23.6 Å². The van der Waals surface area contributed by atoms with Gasteiger partial charge >= 0.3 is 0 Å². The molecule has 0 heterocycles. The van der Waals surface area contributed by atoms with Crippen molar-refractivity contribution in [2.45, 2.75) is 19.8 Å². The van der Waals surface area contributed by atoms with Gasteiger partial charge in [0.05, 0.1) is 7.11 Å². The lowest BCUT2D eigenvalue weighted by Crippen LogP contribution is -1.94. The zero-order valence-electron chi connectivity index (χ0n) is 7.90. The fourth-order valence-corrected chi connectivity index (χ4v) is 1.51. The van der Waals surface area contributed by atoms with E-state index in [2.05, 4.69) is 0 Å². The fraction of sp³-hybridized carbons (Fsp3) is 0.400. The molecule has 0 saturated carbocycles. The summed E-state index contributed by atoms with van der Waals surface area (Å²) in [6.07, 6.45) is 0. The molecule has 0 radical (unpaired) electrons. The van der Waals surface area contributed by atoms with E-state index < -0.39 is 5.82 Å². The Balaban J connectivity index is 3.22. The van der Waals surface area contributed by atoms with E-state index >= 15 is 0 Å². The van der Waals surface area contributed by atoms with Gasteiger partial charge in [-0.3, -0.25) is 0 Å². The second-order valence-electron chi connectivity index (χ2n) is 3.16. The van der Waals surface area contributed by atoms with Gasteiger partial charge in [0.15, 0.2) is 11.6 Å². The van der Waals surface area contributed by atoms with Crippen LogP contribution in [-0.4, -0.2) is 7.11 Å². The maximum absolute atomic E-state index is 13.1. The van der Waals surface area contributed by atoms with Crippen molar-refractivity contribution in [3.05, 3.63) is 28.5 Å².